The highest BCUT2D eigenvalue weighted by molar-refractivity contribution is 6.23. The van der Waals surface area contributed by atoms with Gasteiger partial charge in [0.25, 0.3) is 11.7 Å². The fraction of sp³-hybridized carbons (Fsp3) is 0.490. The van der Waals surface area contributed by atoms with Gasteiger partial charge in [0, 0.05) is 93.9 Å². The summed E-state index contributed by atoms with van der Waals surface area (Å²) in [5.74, 6) is -8.03. The van der Waals surface area contributed by atoms with Crippen LogP contribution in [0.5, 0.6) is 23.0 Å². The van der Waals surface area contributed by atoms with Crippen molar-refractivity contribution >= 4 is 39.8 Å². The Morgan fingerprint density at radius 3 is 2.23 bits per heavy atom. The molecule has 0 aliphatic carbocycles. The number of fused-ring (bicyclic) bond motifs is 14. The SMILES string of the molecule is CO[C@H]1/C=C/O[C@@]2(C)Oc3c(C)c(O)c4c(O)c(c(N5CCN(Cc6cccc(C)c6)CC5)c(O)c4c3C2=O)NC(=O)/C(C)=C\C=C\[C@H](C)[C@H](O)[C@@H](C)[C@@H](O)[C@@H](C)[C@H](OC(C)=O)[C@@H]1C. The third-order valence-electron chi connectivity index (χ3n) is 13.1. The van der Waals surface area contributed by atoms with E-state index in [0.717, 1.165) is 11.1 Å². The number of methoxy groups -OCH3 is 1. The van der Waals surface area contributed by atoms with E-state index in [9.17, 15) is 39.9 Å². The Labute approximate surface area is 374 Å². The molecule has 0 unspecified atom stereocenters. The van der Waals surface area contributed by atoms with Gasteiger partial charge in [-0.1, -0.05) is 75.8 Å². The minimum atomic E-state index is -2.04. The molecule has 6 N–H and O–H groups in total. The number of carbonyl (C=O) groups is 3. The number of aryl methyl sites for hydroxylation is 1. The molecule has 9 atom stereocenters. The number of phenolic OH excluding ortho intramolecular Hbond substituents is 3. The molecule has 3 aromatic carbocycles. The summed E-state index contributed by atoms with van der Waals surface area (Å²) in [4.78, 5) is 45.1. The van der Waals surface area contributed by atoms with E-state index in [1.165, 1.54) is 46.3 Å². The predicted octanol–water partition coefficient (Wildman–Crippen LogP) is 6.38. The molecule has 7 rings (SSSR count). The van der Waals surface area contributed by atoms with Gasteiger partial charge in [-0.3, -0.25) is 19.3 Å². The second kappa shape index (κ2) is 19.2. The molecular formula is C49H63N3O12. The molecule has 1 amide bonds. The zero-order valence-corrected chi connectivity index (χ0v) is 38.3. The molecule has 1 fully saturated rings. The van der Waals surface area contributed by atoms with E-state index in [4.69, 9.17) is 18.9 Å². The van der Waals surface area contributed by atoms with Gasteiger partial charge in [-0.05, 0) is 32.4 Å². The lowest BCUT2D eigenvalue weighted by atomic mass is 9.78. The first-order valence-electron chi connectivity index (χ1n) is 21.8. The van der Waals surface area contributed by atoms with Gasteiger partial charge in [0.05, 0.1) is 35.5 Å². The number of aliphatic hydroxyl groups excluding tert-OH is 2. The van der Waals surface area contributed by atoms with Gasteiger partial charge in [0.15, 0.2) is 5.75 Å². The Morgan fingerprint density at radius 1 is 0.906 bits per heavy atom. The number of ether oxygens (including phenoxy) is 4. The highest BCUT2D eigenvalue weighted by Crippen LogP contribution is 2.57. The summed E-state index contributed by atoms with van der Waals surface area (Å²) in [5.41, 5.74) is 2.33. The zero-order chi connectivity index (χ0) is 46.9. The number of allylic oxidation sites excluding steroid dienone is 2. The lowest BCUT2D eigenvalue weighted by Gasteiger charge is -2.38. The van der Waals surface area contributed by atoms with Crippen molar-refractivity contribution in [2.75, 3.05) is 43.5 Å². The smallest absolute Gasteiger partial charge is 0.312 e. The molecule has 4 heterocycles. The van der Waals surface area contributed by atoms with Crippen LogP contribution in [-0.2, 0) is 30.3 Å². The number of nitrogens with one attached hydrogen (secondary N) is 1. The zero-order valence-electron chi connectivity index (χ0n) is 38.3. The summed E-state index contributed by atoms with van der Waals surface area (Å²) in [7, 11) is 1.45. The van der Waals surface area contributed by atoms with Crippen molar-refractivity contribution in [3.05, 3.63) is 82.7 Å². The number of Topliss-reactive ketones (excluding diaryl/α,β-unsaturated/α-hetero) is 1. The molecule has 346 valence electrons. The second-order valence-electron chi connectivity index (χ2n) is 17.8. The Hall–Kier alpha value is -5.61. The van der Waals surface area contributed by atoms with Crippen LogP contribution in [0.3, 0.4) is 0 Å². The van der Waals surface area contributed by atoms with Crippen LogP contribution >= 0.6 is 0 Å². The van der Waals surface area contributed by atoms with Crippen molar-refractivity contribution in [1.29, 1.82) is 0 Å². The summed E-state index contributed by atoms with van der Waals surface area (Å²) < 4.78 is 23.8. The second-order valence-corrected chi connectivity index (χ2v) is 17.8. The number of nitrogens with zero attached hydrogens (tertiary/aromatic N) is 2. The number of aromatic hydroxyl groups is 3. The molecule has 3 aromatic rings. The lowest BCUT2D eigenvalue weighted by Crippen LogP contribution is -2.46. The van der Waals surface area contributed by atoms with Gasteiger partial charge in [0.2, 0.25) is 0 Å². The van der Waals surface area contributed by atoms with Gasteiger partial charge < -0.3 is 54.7 Å². The van der Waals surface area contributed by atoms with Crippen molar-refractivity contribution in [2.45, 2.75) is 99.1 Å². The number of amides is 1. The number of ketones is 1. The van der Waals surface area contributed by atoms with Crippen LogP contribution in [0.25, 0.3) is 10.8 Å². The fourth-order valence-electron chi connectivity index (χ4n) is 9.21. The molecule has 15 heteroatoms. The Balaban J connectivity index is 1.49. The van der Waals surface area contributed by atoms with Crippen molar-refractivity contribution in [1.82, 2.24) is 4.90 Å². The topological polar surface area (TPSA) is 208 Å². The van der Waals surface area contributed by atoms with E-state index in [1.807, 2.05) is 24.0 Å². The molecule has 4 aliphatic rings. The Morgan fingerprint density at radius 2 is 1.59 bits per heavy atom. The number of rotatable bonds is 5. The van der Waals surface area contributed by atoms with E-state index in [2.05, 4.69) is 22.3 Å². The number of esters is 1. The number of anilines is 2. The summed E-state index contributed by atoms with van der Waals surface area (Å²) in [6, 6.07) is 8.25. The average molecular weight is 886 g/mol. The van der Waals surface area contributed by atoms with Crippen LogP contribution in [-0.4, -0.2) is 112 Å². The van der Waals surface area contributed by atoms with Gasteiger partial charge in [-0.2, -0.15) is 0 Å². The van der Waals surface area contributed by atoms with Gasteiger partial charge >= 0.3 is 11.8 Å². The third-order valence-corrected chi connectivity index (χ3v) is 13.1. The first-order chi connectivity index (χ1) is 30.2. The summed E-state index contributed by atoms with van der Waals surface area (Å²) in [5, 5.41) is 61.7. The van der Waals surface area contributed by atoms with Crippen molar-refractivity contribution in [3.8, 4) is 23.0 Å². The quantitative estimate of drug-likeness (QED) is 0.0934. The number of aliphatic hydroxyl groups is 2. The Kier molecular flexibility index (Phi) is 14.4. The van der Waals surface area contributed by atoms with Crippen molar-refractivity contribution < 1.29 is 58.9 Å². The van der Waals surface area contributed by atoms with Gasteiger partial charge in [-0.15, -0.1) is 0 Å². The molecule has 0 spiro atoms. The minimum absolute atomic E-state index is 0.0526. The maximum absolute atomic E-state index is 14.6. The summed E-state index contributed by atoms with van der Waals surface area (Å²) >= 11 is 0. The normalized spacial score (nSPS) is 30.3. The molecule has 0 saturated carbocycles. The maximum atomic E-state index is 14.6. The van der Waals surface area contributed by atoms with E-state index >= 15 is 0 Å². The van der Waals surface area contributed by atoms with Crippen LogP contribution in [0.4, 0.5) is 11.4 Å². The molecule has 15 nitrogen and oxygen atoms in total. The molecule has 5 bridgehead atoms. The van der Waals surface area contributed by atoms with Gasteiger partial charge in [0.1, 0.15) is 34.7 Å². The average Bonchev–Trinajstić information content (AvgIpc) is 3.52. The van der Waals surface area contributed by atoms with E-state index in [1.54, 1.807) is 46.8 Å². The van der Waals surface area contributed by atoms with E-state index in [-0.39, 0.29) is 44.6 Å². The van der Waals surface area contributed by atoms with Crippen molar-refractivity contribution in [3.63, 3.8) is 0 Å². The first kappa shape index (κ1) is 47.9. The number of carbonyl (C=O) groups excluding carboxylic acids is 3. The molecule has 64 heavy (non-hydrogen) atoms. The summed E-state index contributed by atoms with van der Waals surface area (Å²) in [6.07, 6.45) is 3.70. The number of piperazine rings is 1. The number of benzene rings is 3. The lowest BCUT2D eigenvalue weighted by molar-refractivity contribution is -0.160. The fourth-order valence-corrected chi connectivity index (χ4v) is 9.21. The van der Waals surface area contributed by atoms with E-state index < -0.39 is 88.8 Å². The molecule has 4 aliphatic heterocycles. The first-order valence-corrected chi connectivity index (χ1v) is 21.8. The number of hydrogen-bond acceptors (Lipinski definition) is 14. The molecule has 1 saturated heterocycles. The van der Waals surface area contributed by atoms with Crippen LogP contribution in [0, 0.1) is 37.5 Å². The third kappa shape index (κ3) is 9.30. The van der Waals surface area contributed by atoms with Gasteiger partial charge in [-0.25, -0.2) is 0 Å². The standard InChI is InChI=1S/C49H63N3O12/c1-25-13-11-16-33(23-25)24-51-18-20-52(21-19-51)39-38-43(57)36-35(44(39)58)37-46(31(7)42(36)56)64-49(9,47(37)59)62-22-17-34(61-10)28(4)45(63-32(8)53)30(6)41(55)29(5)40(54)26(2)14-12-15-27(3)48(60)50-38/h11-17,22-23,26,28-30,34,40-41,45,54-58H,18-21,24H2,1-10H3,(H,50,60)/b14-12+,22-17+,27-15-/t26-,28+,29+,30+,34-,40-,41+,45+,49-/m0/s1. The van der Waals surface area contributed by atoms with Crippen LogP contribution in [0.2, 0.25) is 0 Å². The number of hydrogen-bond donors (Lipinski definition) is 6. The monoisotopic (exact) mass is 885 g/mol. The predicted molar refractivity (Wildman–Crippen MR) is 242 cm³/mol. The van der Waals surface area contributed by atoms with Crippen LogP contribution < -0.4 is 15.0 Å². The minimum Gasteiger partial charge on any atom is -0.507 e. The van der Waals surface area contributed by atoms with E-state index in [0.29, 0.717) is 32.7 Å². The van der Waals surface area contributed by atoms with Crippen molar-refractivity contribution in [2.24, 2.45) is 23.7 Å². The number of phenols is 3. The molecular weight excluding hydrogens is 823 g/mol. The highest BCUT2D eigenvalue weighted by atomic mass is 16.7. The van der Waals surface area contributed by atoms with Crippen LogP contribution in [0.15, 0.2) is 60.4 Å². The molecule has 0 radical (unpaired) electrons. The Bertz CT molecular complexity index is 2370. The highest BCUT2D eigenvalue weighted by Gasteiger charge is 2.50. The maximum Gasteiger partial charge on any atom is 0.312 e. The largest absolute Gasteiger partial charge is 0.507 e. The van der Waals surface area contributed by atoms with Crippen LogP contribution in [0.1, 0.15) is 75.5 Å². The summed E-state index contributed by atoms with van der Waals surface area (Å²) in [6.45, 7) is 17.2. The molecule has 0 aromatic heterocycles.